The molecule has 1 atom stereocenters. The monoisotopic (exact) mass is 399 g/mol. The minimum absolute atomic E-state index is 0.0223. The number of carbonyl (C=O) groups is 1. The van der Waals surface area contributed by atoms with Crippen LogP contribution >= 0.6 is 0 Å². The number of nitrogens with one attached hydrogen (secondary N) is 1. The molecule has 0 amide bonds. The number of H-pyrrole nitrogens is 1. The maximum absolute atomic E-state index is 13.9. The van der Waals surface area contributed by atoms with Gasteiger partial charge in [0.15, 0.2) is 5.78 Å². The van der Waals surface area contributed by atoms with Crippen LogP contribution in [0.3, 0.4) is 0 Å². The summed E-state index contributed by atoms with van der Waals surface area (Å²) in [5.74, 6) is 0.509. The van der Waals surface area contributed by atoms with Gasteiger partial charge in [-0.2, -0.15) is 0 Å². The number of Topliss-reactive ketones (excluding diaryl/α,β-unsaturated/α-hetero) is 1. The molecule has 5 heteroatoms. The zero-order chi connectivity index (χ0) is 21.1. The van der Waals surface area contributed by atoms with Gasteiger partial charge in [-0.3, -0.25) is 4.79 Å². The molecule has 1 N–H and O–H groups in total. The van der Waals surface area contributed by atoms with Crippen LogP contribution < -0.4 is 9.64 Å². The number of benzene rings is 2. The van der Waals surface area contributed by atoms with E-state index in [0.29, 0.717) is 11.4 Å². The van der Waals surface area contributed by atoms with Crippen molar-refractivity contribution in [1.82, 2.24) is 9.97 Å². The quantitative estimate of drug-likeness (QED) is 0.434. The third-order valence-electron chi connectivity index (χ3n) is 5.52. The Hall–Kier alpha value is -3.60. The fraction of sp³-hybridized carbons (Fsp3) is 0.200. The number of hydrogen-bond donors (Lipinski definition) is 1. The summed E-state index contributed by atoms with van der Waals surface area (Å²) >= 11 is 0. The van der Waals surface area contributed by atoms with Gasteiger partial charge in [-0.15, -0.1) is 0 Å². The van der Waals surface area contributed by atoms with Crippen molar-refractivity contribution in [1.29, 1.82) is 0 Å². The number of ketones is 1. The lowest BCUT2D eigenvalue weighted by Crippen LogP contribution is -2.31. The first-order chi connectivity index (χ1) is 14.7. The fourth-order valence-corrected chi connectivity index (χ4v) is 4.00. The molecule has 4 rings (SSSR count). The summed E-state index contributed by atoms with van der Waals surface area (Å²) in [5.41, 5.74) is 4.58. The summed E-state index contributed by atoms with van der Waals surface area (Å²) in [6.07, 6.45) is 4.41. The van der Waals surface area contributed by atoms with Crippen molar-refractivity contribution in [3.8, 4) is 5.88 Å². The van der Waals surface area contributed by atoms with Gasteiger partial charge in [-0.1, -0.05) is 55.5 Å². The molecule has 4 aromatic rings. The number of methoxy groups -OCH3 is 1. The molecule has 0 saturated carbocycles. The number of likely N-dealkylation sites (N-methyl/N-ethyl adjacent to an activating group) is 1. The van der Waals surface area contributed by atoms with E-state index in [4.69, 9.17) is 4.74 Å². The molecule has 152 valence electrons. The number of hydrogen-bond acceptors (Lipinski definition) is 4. The van der Waals surface area contributed by atoms with Crippen LogP contribution in [-0.4, -0.2) is 29.9 Å². The van der Waals surface area contributed by atoms with E-state index in [-0.39, 0.29) is 5.78 Å². The molecule has 0 fully saturated rings. The highest BCUT2D eigenvalue weighted by atomic mass is 16.5. The highest BCUT2D eigenvalue weighted by Crippen LogP contribution is 2.35. The second-order valence-corrected chi connectivity index (χ2v) is 7.22. The van der Waals surface area contributed by atoms with Gasteiger partial charge in [-0.25, -0.2) is 4.98 Å². The fourth-order valence-electron chi connectivity index (χ4n) is 4.00. The number of aromatic amines is 1. The standard InChI is InChI=1S/C25H25N3O2/c1-4-17-12-8-13-19-20(16-27-22(17)19)24(29)23(18-10-6-5-7-11-18)28(2)21-14-9-15-26-25(21)30-3/h5-16,23,27H,4H2,1-3H3. The minimum atomic E-state index is -0.520. The van der Waals surface area contributed by atoms with Crippen molar-refractivity contribution in [2.75, 3.05) is 19.1 Å². The van der Waals surface area contributed by atoms with Crippen molar-refractivity contribution < 1.29 is 9.53 Å². The Morgan fingerprint density at radius 2 is 1.90 bits per heavy atom. The number of anilines is 1. The van der Waals surface area contributed by atoms with Gasteiger partial charge < -0.3 is 14.6 Å². The van der Waals surface area contributed by atoms with E-state index < -0.39 is 6.04 Å². The molecule has 30 heavy (non-hydrogen) atoms. The average Bonchev–Trinajstić information content (AvgIpc) is 3.24. The van der Waals surface area contributed by atoms with Crippen molar-refractivity contribution >= 4 is 22.4 Å². The second kappa shape index (κ2) is 8.41. The lowest BCUT2D eigenvalue weighted by atomic mass is 9.95. The Morgan fingerprint density at radius 3 is 2.63 bits per heavy atom. The molecule has 1 unspecified atom stereocenters. The molecular weight excluding hydrogens is 374 g/mol. The Morgan fingerprint density at radius 1 is 1.10 bits per heavy atom. The number of para-hydroxylation sites is 1. The minimum Gasteiger partial charge on any atom is -0.480 e. The SMILES string of the molecule is CCc1cccc2c(C(=O)C(c3ccccc3)N(C)c3cccnc3OC)c[nH]c12. The summed E-state index contributed by atoms with van der Waals surface area (Å²) in [6.45, 7) is 2.12. The van der Waals surface area contributed by atoms with Crippen LogP contribution in [-0.2, 0) is 6.42 Å². The molecule has 0 spiro atoms. The average molecular weight is 399 g/mol. The molecule has 0 radical (unpaired) electrons. The molecule has 0 aliphatic heterocycles. The Balaban J connectivity index is 1.84. The van der Waals surface area contributed by atoms with E-state index in [9.17, 15) is 4.79 Å². The van der Waals surface area contributed by atoms with Crippen molar-refractivity contribution in [3.63, 3.8) is 0 Å². The molecule has 0 saturated heterocycles. The summed E-state index contributed by atoms with van der Waals surface area (Å²) < 4.78 is 5.45. The van der Waals surface area contributed by atoms with Crippen LogP contribution in [0, 0.1) is 0 Å². The van der Waals surface area contributed by atoms with Crippen LogP contribution in [0.15, 0.2) is 73.1 Å². The first kappa shape index (κ1) is 19.7. The lowest BCUT2D eigenvalue weighted by molar-refractivity contribution is 0.0961. The molecule has 5 nitrogen and oxygen atoms in total. The van der Waals surface area contributed by atoms with Crippen LogP contribution in [0.5, 0.6) is 5.88 Å². The van der Waals surface area contributed by atoms with E-state index >= 15 is 0 Å². The van der Waals surface area contributed by atoms with E-state index in [1.165, 1.54) is 5.56 Å². The molecule has 0 aliphatic carbocycles. The molecule has 2 aromatic heterocycles. The number of fused-ring (bicyclic) bond motifs is 1. The highest BCUT2D eigenvalue weighted by molar-refractivity contribution is 6.12. The third-order valence-corrected chi connectivity index (χ3v) is 5.52. The van der Waals surface area contributed by atoms with Crippen molar-refractivity contribution in [2.24, 2.45) is 0 Å². The first-order valence-electron chi connectivity index (χ1n) is 10.1. The van der Waals surface area contributed by atoms with Gasteiger partial charge >= 0.3 is 0 Å². The summed E-state index contributed by atoms with van der Waals surface area (Å²) in [5, 5.41) is 0.951. The smallest absolute Gasteiger partial charge is 0.237 e. The molecular formula is C25H25N3O2. The topological polar surface area (TPSA) is 58.2 Å². The predicted octanol–water partition coefficient (Wildman–Crippen LogP) is 5.19. The molecule has 2 heterocycles. The van der Waals surface area contributed by atoms with Crippen LogP contribution in [0.4, 0.5) is 5.69 Å². The van der Waals surface area contributed by atoms with Crippen molar-refractivity contribution in [2.45, 2.75) is 19.4 Å². The number of aryl methyl sites for hydroxylation is 1. The number of aromatic nitrogens is 2. The Bertz CT molecular complexity index is 1170. The number of pyridine rings is 1. The number of nitrogens with zero attached hydrogens (tertiary/aromatic N) is 2. The van der Waals surface area contributed by atoms with Crippen molar-refractivity contribution in [3.05, 3.63) is 89.7 Å². The number of carbonyl (C=O) groups excluding carboxylic acids is 1. The van der Waals surface area contributed by atoms with E-state index in [0.717, 1.165) is 28.6 Å². The predicted molar refractivity (Wildman–Crippen MR) is 120 cm³/mol. The summed E-state index contributed by atoms with van der Waals surface area (Å²) in [6, 6.07) is 19.2. The third kappa shape index (κ3) is 3.43. The van der Waals surface area contributed by atoms with Gasteiger partial charge in [0.05, 0.1) is 7.11 Å². The van der Waals surface area contributed by atoms with Crippen LogP contribution in [0.1, 0.15) is 34.5 Å². The molecule has 0 bridgehead atoms. The van der Waals surface area contributed by atoms with E-state index in [1.54, 1.807) is 13.3 Å². The van der Waals surface area contributed by atoms with Gasteiger partial charge in [0.1, 0.15) is 11.7 Å². The number of ether oxygens (including phenoxy) is 1. The van der Waals surface area contributed by atoms with Gasteiger partial charge in [0.25, 0.3) is 0 Å². The van der Waals surface area contributed by atoms with Gasteiger partial charge in [-0.05, 0) is 29.7 Å². The Kier molecular flexibility index (Phi) is 5.53. The first-order valence-corrected chi connectivity index (χ1v) is 10.1. The maximum Gasteiger partial charge on any atom is 0.237 e. The second-order valence-electron chi connectivity index (χ2n) is 7.22. The molecule has 0 aliphatic rings. The Labute approximate surface area is 176 Å². The lowest BCUT2D eigenvalue weighted by Gasteiger charge is -2.30. The van der Waals surface area contributed by atoms with E-state index in [2.05, 4.69) is 23.0 Å². The van der Waals surface area contributed by atoms with Crippen LogP contribution in [0.2, 0.25) is 0 Å². The summed E-state index contributed by atoms with van der Waals surface area (Å²) in [7, 11) is 3.49. The molecule has 2 aromatic carbocycles. The number of rotatable bonds is 7. The van der Waals surface area contributed by atoms with Gasteiger partial charge in [0.2, 0.25) is 5.88 Å². The van der Waals surface area contributed by atoms with Gasteiger partial charge in [0, 0.05) is 35.9 Å². The zero-order valence-electron chi connectivity index (χ0n) is 17.4. The van der Waals surface area contributed by atoms with Crippen LogP contribution in [0.25, 0.3) is 10.9 Å². The van der Waals surface area contributed by atoms with E-state index in [1.807, 2.05) is 72.7 Å². The zero-order valence-corrected chi connectivity index (χ0v) is 17.4. The summed E-state index contributed by atoms with van der Waals surface area (Å²) in [4.78, 5) is 23.5. The maximum atomic E-state index is 13.9. The largest absolute Gasteiger partial charge is 0.480 e. The normalized spacial score (nSPS) is 12.0. The highest BCUT2D eigenvalue weighted by Gasteiger charge is 2.30.